The molecule has 1 heterocycles. The van der Waals surface area contributed by atoms with E-state index >= 15 is 0 Å². The zero-order chi connectivity index (χ0) is 13.3. The van der Waals surface area contributed by atoms with Crippen molar-refractivity contribution in [1.29, 1.82) is 0 Å². The van der Waals surface area contributed by atoms with Crippen molar-refractivity contribution < 1.29 is 4.39 Å². The van der Waals surface area contributed by atoms with Crippen LogP contribution in [0.1, 0.15) is 11.3 Å². The summed E-state index contributed by atoms with van der Waals surface area (Å²) in [4.78, 5) is 16.0. The average molecular weight is 332 g/mol. The van der Waals surface area contributed by atoms with Crippen LogP contribution in [0.3, 0.4) is 0 Å². The molecule has 1 aromatic carbocycles. The summed E-state index contributed by atoms with van der Waals surface area (Å²) in [5.41, 5.74) is 0.931. The van der Waals surface area contributed by atoms with Crippen molar-refractivity contribution in [1.82, 2.24) is 9.55 Å². The Balaban J connectivity index is 2.44. The molecule has 0 N–H and O–H groups in total. The highest BCUT2D eigenvalue weighted by atomic mass is 79.9. The van der Waals surface area contributed by atoms with Crippen molar-refractivity contribution in [2.45, 2.75) is 13.5 Å². The number of aromatic nitrogens is 2. The lowest BCUT2D eigenvalue weighted by Gasteiger charge is -2.08. The van der Waals surface area contributed by atoms with Gasteiger partial charge in [0.2, 0.25) is 0 Å². The number of halogens is 3. The topological polar surface area (TPSA) is 34.9 Å². The molecule has 3 nitrogen and oxygen atoms in total. The fourth-order valence-electron chi connectivity index (χ4n) is 1.51. The van der Waals surface area contributed by atoms with Crippen molar-refractivity contribution in [2.75, 3.05) is 0 Å². The molecule has 0 radical (unpaired) electrons. The van der Waals surface area contributed by atoms with Crippen molar-refractivity contribution in [3.8, 4) is 0 Å². The van der Waals surface area contributed by atoms with Gasteiger partial charge in [-0.25, -0.2) is 9.37 Å². The molecular formula is C12H9BrClFN2O. The van der Waals surface area contributed by atoms with Gasteiger partial charge in [0.1, 0.15) is 10.3 Å². The minimum atomic E-state index is -0.499. The molecule has 0 aliphatic carbocycles. The van der Waals surface area contributed by atoms with Crippen LogP contribution < -0.4 is 5.56 Å². The standard InChI is InChI=1S/C12H9BrClFN2O/c1-7-10(13)12(18)17(6-16-7)5-8-3-2-4-9(15)11(8)14/h2-4,6H,5H2,1H3. The van der Waals surface area contributed by atoms with Gasteiger partial charge >= 0.3 is 0 Å². The molecule has 0 amide bonds. The summed E-state index contributed by atoms with van der Waals surface area (Å²) in [6.45, 7) is 1.91. The Morgan fingerprint density at radius 2 is 2.22 bits per heavy atom. The van der Waals surface area contributed by atoms with Gasteiger partial charge in [0, 0.05) is 0 Å². The number of benzene rings is 1. The van der Waals surface area contributed by atoms with E-state index in [0.717, 1.165) is 0 Å². The van der Waals surface area contributed by atoms with Crippen LogP contribution in [0, 0.1) is 12.7 Å². The van der Waals surface area contributed by atoms with Crippen LogP contribution in [0.5, 0.6) is 0 Å². The summed E-state index contributed by atoms with van der Waals surface area (Å²) in [6, 6.07) is 4.50. The van der Waals surface area contributed by atoms with Crippen molar-refractivity contribution in [3.05, 3.63) is 61.5 Å². The van der Waals surface area contributed by atoms with E-state index in [1.807, 2.05) is 0 Å². The molecule has 0 saturated carbocycles. The Labute approximate surface area is 116 Å². The Hall–Kier alpha value is -1.20. The number of hydrogen-bond acceptors (Lipinski definition) is 2. The van der Waals surface area contributed by atoms with Gasteiger partial charge in [-0.15, -0.1) is 0 Å². The molecule has 0 saturated heterocycles. The van der Waals surface area contributed by atoms with Crippen molar-refractivity contribution >= 4 is 27.5 Å². The molecule has 0 aliphatic rings. The number of hydrogen-bond donors (Lipinski definition) is 0. The molecule has 0 unspecified atom stereocenters. The minimum Gasteiger partial charge on any atom is -0.294 e. The van der Waals surface area contributed by atoms with Crippen LogP contribution >= 0.6 is 27.5 Å². The average Bonchev–Trinajstić information content (AvgIpc) is 2.35. The van der Waals surface area contributed by atoms with Gasteiger partial charge in [0.25, 0.3) is 5.56 Å². The largest absolute Gasteiger partial charge is 0.294 e. The monoisotopic (exact) mass is 330 g/mol. The van der Waals surface area contributed by atoms with Gasteiger partial charge in [0.15, 0.2) is 0 Å². The third-order valence-corrected chi connectivity index (χ3v) is 3.87. The molecular weight excluding hydrogens is 322 g/mol. The van der Waals surface area contributed by atoms with Gasteiger partial charge in [-0.1, -0.05) is 23.7 Å². The maximum absolute atomic E-state index is 13.3. The van der Waals surface area contributed by atoms with Crippen LogP contribution in [0.2, 0.25) is 5.02 Å². The van der Waals surface area contributed by atoms with E-state index in [0.29, 0.717) is 15.7 Å². The number of nitrogens with zero attached hydrogens (tertiary/aromatic N) is 2. The van der Waals surface area contributed by atoms with E-state index in [-0.39, 0.29) is 17.1 Å². The Kier molecular flexibility index (Phi) is 3.82. The predicted octanol–water partition coefficient (Wildman–Crippen LogP) is 3.16. The second kappa shape index (κ2) is 5.20. The lowest BCUT2D eigenvalue weighted by atomic mass is 10.2. The molecule has 0 bridgehead atoms. The summed E-state index contributed by atoms with van der Waals surface area (Å²) in [5, 5.41) is 0.0288. The van der Waals surface area contributed by atoms with Gasteiger partial charge in [-0.3, -0.25) is 9.36 Å². The van der Waals surface area contributed by atoms with Crippen LogP contribution in [0.4, 0.5) is 4.39 Å². The lowest BCUT2D eigenvalue weighted by Crippen LogP contribution is -2.22. The van der Waals surface area contributed by atoms with E-state index in [2.05, 4.69) is 20.9 Å². The van der Waals surface area contributed by atoms with Crippen LogP contribution in [0.25, 0.3) is 0 Å². The van der Waals surface area contributed by atoms with Gasteiger partial charge < -0.3 is 0 Å². The molecule has 0 fully saturated rings. The van der Waals surface area contributed by atoms with Crippen LogP contribution in [0.15, 0.2) is 33.8 Å². The number of rotatable bonds is 2. The first-order chi connectivity index (χ1) is 8.50. The third kappa shape index (κ3) is 2.47. The van der Waals surface area contributed by atoms with E-state index in [1.165, 1.54) is 17.0 Å². The Morgan fingerprint density at radius 1 is 1.50 bits per heavy atom. The fraction of sp³-hybridized carbons (Fsp3) is 0.167. The SMILES string of the molecule is Cc1ncn(Cc2cccc(F)c2Cl)c(=O)c1Br. The highest BCUT2D eigenvalue weighted by Crippen LogP contribution is 2.20. The predicted molar refractivity (Wildman–Crippen MR) is 71.4 cm³/mol. The Bertz CT molecular complexity index is 657. The van der Waals surface area contributed by atoms with Gasteiger partial charge in [-0.05, 0) is 34.5 Å². The first-order valence-corrected chi connectivity index (χ1v) is 6.32. The minimum absolute atomic E-state index is 0.0288. The fourth-order valence-corrected chi connectivity index (χ4v) is 2.03. The summed E-state index contributed by atoms with van der Waals surface area (Å²) in [5.74, 6) is -0.499. The molecule has 0 aliphatic heterocycles. The third-order valence-electron chi connectivity index (χ3n) is 2.53. The Morgan fingerprint density at radius 3 is 2.94 bits per heavy atom. The second-order valence-corrected chi connectivity index (χ2v) is 4.96. The first kappa shape index (κ1) is 13.2. The molecule has 18 heavy (non-hydrogen) atoms. The van der Waals surface area contributed by atoms with Gasteiger partial charge in [0.05, 0.1) is 23.6 Å². The smallest absolute Gasteiger partial charge is 0.268 e. The highest BCUT2D eigenvalue weighted by Gasteiger charge is 2.09. The molecule has 2 aromatic rings. The van der Waals surface area contributed by atoms with E-state index in [4.69, 9.17) is 11.6 Å². The van der Waals surface area contributed by atoms with Crippen molar-refractivity contribution in [3.63, 3.8) is 0 Å². The summed E-state index contributed by atoms with van der Waals surface area (Å²) < 4.78 is 15.1. The molecule has 2 rings (SSSR count). The van der Waals surface area contributed by atoms with Crippen molar-refractivity contribution in [2.24, 2.45) is 0 Å². The summed E-state index contributed by atoms with van der Waals surface area (Å²) in [7, 11) is 0. The quantitative estimate of drug-likeness (QED) is 0.847. The number of aryl methyl sites for hydroxylation is 1. The van der Waals surface area contributed by atoms with Gasteiger partial charge in [-0.2, -0.15) is 0 Å². The molecule has 6 heteroatoms. The van der Waals surface area contributed by atoms with E-state index in [9.17, 15) is 9.18 Å². The molecule has 94 valence electrons. The summed E-state index contributed by atoms with van der Waals surface area (Å²) in [6.07, 6.45) is 1.42. The zero-order valence-electron chi connectivity index (χ0n) is 9.45. The maximum Gasteiger partial charge on any atom is 0.268 e. The van der Waals surface area contributed by atoms with Crippen LogP contribution in [-0.4, -0.2) is 9.55 Å². The molecule has 0 atom stereocenters. The maximum atomic E-state index is 13.3. The zero-order valence-corrected chi connectivity index (χ0v) is 11.8. The first-order valence-electron chi connectivity index (χ1n) is 5.15. The normalized spacial score (nSPS) is 10.7. The van der Waals surface area contributed by atoms with Crippen LogP contribution in [-0.2, 0) is 6.54 Å². The highest BCUT2D eigenvalue weighted by molar-refractivity contribution is 9.10. The lowest BCUT2D eigenvalue weighted by molar-refractivity contribution is 0.622. The molecule has 1 aromatic heterocycles. The summed E-state index contributed by atoms with van der Waals surface area (Å²) >= 11 is 9.02. The van der Waals surface area contributed by atoms with E-state index < -0.39 is 5.82 Å². The molecule has 0 spiro atoms. The second-order valence-electron chi connectivity index (χ2n) is 3.79. The van der Waals surface area contributed by atoms with E-state index in [1.54, 1.807) is 19.1 Å².